The van der Waals surface area contributed by atoms with E-state index in [2.05, 4.69) is 19.9 Å². The number of carbonyl (C=O) groups excluding carboxylic acids is 1. The van der Waals surface area contributed by atoms with Crippen LogP contribution in [0, 0.1) is 0 Å². The molecule has 0 atom stereocenters. The van der Waals surface area contributed by atoms with Crippen molar-refractivity contribution >= 4 is 28.9 Å². The number of ether oxygens (including phenoxy) is 1. The third-order valence-corrected chi connectivity index (χ3v) is 4.68. The number of aromatic nitrogens is 3. The second-order valence-electron chi connectivity index (χ2n) is 4.56. The Kier molecular flexibility index (Phi) is 5.21. The van der Waals surface area contributed by atoms with Gasteiger partial charge in [-0.05, 0) is 35.7 Å². The van der Waals surface area contributed by atoms with E-state index < -0.39 is 6.61 Å². The number of Topliss-reactive ketones (excluding diaryl/α,β-unsaturated/α-hetero) is 1. The van der Waals surface area contributed by atoms with Crippen molar-refractivity contribution in [3.63, 3.8) is 0 Å². The van der Waals surface area contributed by atoms with Crippen LogP contribution in [0.3, 0.4) is 0 Å². The molecule has 3 rings (SSSR count). The van der Waals surface area contributed by atoms with Crippen molar-refractivity contribution in [2.45, 2.75) is 11.8 Å². The lowest BCUT2D eigenvalue weighted by molar-refractivity contribution is -0.0498. The van der Waals surface area contributed by atoms with Crippen LogP contribution in [0.25, 0.3) is 10.7 Å². The van der Waals surface area contributed by atoms with Crippen molar-refractivity contribution < 1.29 is 18.3 Å². The van der Waals surface area contributed by atoms with Crippen LogP contribution in [0.1, 0.15) is 10.4 Å². The average Bonchev–Trinajstić information content (AvgIpc) is 3.24. The van der Waals surface area contributed by atoms with E-state index >= 15 is 0 Å². The maximum atomic E-state index is 12.1. The van der Waals surface area contributed by atoms with Gasteiger partial charge in [-0.2, -0.15) is 8.78 Å². The predicted molar refractivity (Wildman–Crippen MR) is 87.8 cm³/mol. The summed E-state index contributed by atoms with van der Waals surface area (Å²) in [5.41, 5.74) is 0.415. The number of aromatic amines is 1. The Bertz CT molecular complexity index is 805. The number of thiophene rings is 1. The minimum absolute atomic E-state index is 0.0174. The van der Waals surface area contributed by atoms with E-state index in [-0.39, 0.29) is 17.3 Å². The van der Waals surface area contributed by atoms with E-state index in [0.29, 0.717) is 16.5 Å². The highest BCUT2D eigenvalue weighted by molar-refractivity contribution is 7.99. The molecule has 0 aliphatic rings. The molecular weight excluding hydrogens is 356 g/mol. The van der Waals surface area contributed by atoms with Gasteiger partial charge >= 0.3 is 6.61 Å². The van der Waals surface area contributed by atoms with Gasteiger partial charge in [-0.1, -0.05) is 17.8 Å². The maximum Gasteiger partial charge on any atom is 0.387 e. The summed E-state index contributed by atoms with van der Waals surface area (Å²) in [6.45, 7) is -2.88. The molecule has 0 aliphatic heterocycles. The number of nitrogens with one attached hydrogen (secondary N) is 1. The maximum absolute atomic E-state index is 12.1. The van der Waals surface area contributed by atoms with Crippen LogP contribution in [0.2, 0.25) is 0 Å². The lowest BCUT2D eigenvalue weighted by atomic mass is 10.1. The van der Waals surface area contributed by atoms with E-state index in [0.717, 1.165) is 4.88 Å². The molecular formula is C15H11F2N3O2S2. The molecule has 0 amide bonds. The van der Waals surface area contributed by atoms with Crippen LogP contribution in [0.4, 0.5) is 8.78 Å². The van der Waals surface area contributed by atoms with Crippen molar-refractivity contribution in [3.05, 3.63) is 47.3 Å². The van der Waals surface area contributed by atoms with Crippen molar-refractivity contribution in [2.24, 2.45) is 0 Å². The highest BCUT2D eigenvalue weighted by atomic mass is 32.2. The monoisotopic (exact) mass is 367 g/mol. The number of H-pyrrole nitrogens is 1. The number of carbonyl (C=O) groups is 1. The van der Waals surface area contributed by atoms with E-state index in [1.54, 1.807) is 11.3 Å². The Morgan fingerprint density at radius 3 is 2.75 bits per heavy atom. The molecule has 0 aliphatic carbocycles. The van der Waals surface area contributed by atoms with Gasteiger partial charge in [-0.25, -0.2) is 4.98 Å². The third kappa shape index (κ3) is 4.18. The lowest BCUT2D eigenvalue weighted by Gasteiger charge is -2.04. The minimum Gasteiger partial charge on any atom is -0.435 e. The Balaban J connectivity index is 1.57. The summed E-state index contributed by atoms with van der Waals surface area (Å²) < 4.78 is 28.4. The van der Waals surface area contributed by atoms with Crippen LogP contribution in [-0.4, -0.2) is 33.3 Å². The summed E-state index contributed by atoms with van der Waals surface area (Å²) in [5, 5.41) is 9.31. The van der Waals surface area contributed by atoms with Gasteiger partial charge in [0, 0.05) is 5.56 Å². The number of thioether (sulfide) groups is 1. The number of halogens is 2. The van der Waals surface area contributed by atoms with Gasteiger partial charge in [0.2, 0.25) is 5.16 Å². The summed E-state index contributed by atoms with van der Waals surface area (Å²) >= 11 is 2.75. The molecule has 3 aromatic rings. The number of hydrogen-bond acceptors (Lipinski definition) is 6. The molecule has 124 valence electrons. The van der Waals surface area contributed by atoms with Gasteiger partial charge < -0.3 is 4.74 Å². The van der Waals surface area contributed by atoms with E-state index in [1.165, 1.54) is 36.0 Å². The molecule has 9 heteroatoms. The summed E-state index contributed by atoms with van der Waals surface area (Å²) in [6.07, 6.45) is 0. The summed E-state index contributed by atoms with van der Waals surface area (Å²) in [6, 6.07) is 9.43. The number of alkyl halides is 2. The summed E-state index contributed by atoms with van der Waals surface area (Å²) in [5.74, 6) is 0.680. The number of rotatable bonds is 7. The fraction of sp³-hybridized carbons (Fsp3) is 0.133. The Labute approximate surface area is 144 Å². The van der Waals surface area contributed by atoms with Crippen LogP contribution < -0.4 is 4.74 Å². The Morgan fingerprint density at radius 2 is 2.08 bits per heavy atom. The van der Waals surface area contributed by atoms with E-state index in [4.69, 9.17) is 0 Å². The Hall–Kier alpha value is -2.26. The van der Waals surface area contributed by atoms with Crippen LogP contribution >= 0.6 is 23.1 Å². The van der Waals surface area contributed by atoms with Gasteiger partial charge in [0.15, 0.2) is 11.6 Å². The van der Waals surface area contributed by atoms with Gasteiger partial charge in [0.1, 0.15) is 5.75 Å². The topological polar surface area (TPSA) is 67.9 Å². The summed E-state index contributed by atoms with van der Waals surface area (Å²) in [4.78, 5) is 17.4. The van der Waals surface area contributed by atoms with Crippen LogP contribution in [-0.2, 0) is 0 Å². The highest BCUT2D eigenvalue weighted by Gasteiger charge is 2.12. The number of ketones is 1. The molecule has 24 heavy (non-hydrogen) atoms. The number of nitrogens with zero attached hydrogens (tertiary/aromatic N) is 2. The SMILES string of the molecule is O=C(CSc1n[nH]c(-c2cccs2)n1)c1ccc(OC(F)F)cc1. The second-order valence-corrected chi connectivity index (χ2v) is 6.45. The van der Waals surface area contributed by atoms with Crippen LogP contribution in [0.5, 0.6) is 5.75 Å². The Morgan fingerprint density at radius 1 is 1.29 bits per heavy atom. The molecule has 0 spiro atoms. The van der Waals surface area contributed by atoms with Gasteiger partial charge in [0.05, 0.1) is 10.6 Å². The normalized spacial score (nSPS) is 11.0. The molecule has 0 unspecified atom stereocenters. The fourth-order valence-corrected chi connectivity index (χ4v) is 3.23. The van der Waals surface area contributed by atoms with Crippen LogP contribution in [0.15, 0.2) is 46.9 Å². The standard InChI is InChI=1S/C15H11F2N3O2S2/c16-14(17)22-10-5-3-9(4-6-10)11(21)8-24-15-18-13(19-20-15)12-2-1-7-23-12/h1-7,14H,8H2,(H,18,19,20). The van der Waals surface area contributed by atoms with Crippen molar-refractivity contribution in [3.8, 4) is 16.5 Å². The van der Waals surface area contributed by atoms with Gasteiger partial charge in [-0.15, -0.1) is 16.4 Å². The number of hydrogen-bond donors (Lipinski definition) is 1. The molecule has 0 radical (unpaired) electrons. The molecule has 5 nitrogen and oxygen atoms in total. The molecule has 1 N–H and O–H groups in total. The first-order valence-electron chi connectivity index (χ1n) is 6.79. The molecule has 2 aromatic heterocycles. The molecule has 1 aromatic carbocycles. The highest BCUT2D eigenvalue weighted by Crippen LogP contribution is 2.24. The fourth-order valence-electron chi connectivity index (χ4n) is 1.87. The molecule has 0 saturated heterocycles. The van der Waals surface area contributed by atoms with Crippen molar-refractivity contribution in [1.82, 2.24) is 15.2 Å². The van der Waals surface area contributed by atoms with E-state index in [9.17, 15) is 13.6 Å². The second kappa shape index (κ2) is 7.54. The first-order valence-corrected chi connectivity index (χ1v) is 8.65. The summed E-state index contributed by atoms with van der Waals surface area (Å²) in [7, 11) is 0. The zero-order valence-corrected chi connectivity index (χ0v) is 13.7. The predicted octanol–water partition coefficient (Wildman–Crippen LogP) is 4.11. The minimum atomic E-state index is -2.88. The smallest absolute Gasteiger partial charge is 0.387 e. The lowest BCUT2D eigenvalue weighted by Crippen LogP contribution is -2.04. The molecule has 2 heterocycles. The molecule has 0 saturated carbocycles. The zero-order valence-electron chi connectivity index (χ0n) is 12.1. The molecule has 0 fully saturated rings. The molecule has 0 bridgehead atoms. The quantitative estimate of drug-likeness (QED) is 0.503. The van der Waals surface area contributed by atoms with Gasteiger partial charge in [0.25, 0.3) is 0 Å². The first kappa shape index (κ1) is 16.6. The van der Waals surface area contributed by atoms with Crippen molar-refractivity contribution in [1.29, 1.82) is 0 Å². The largest absolute Gasteiger partial charge is 0.435 e. The number of benzene rings is 1. The third-order valence-electron chi connectivity index (χ3n) is 2.95. The van der Waals surface area contributed by atoms with Gasteiger partial charge in [-0.3, -0.25) is 9.89 Å². The zero-order chi connectivity index (χ0) is 16.9. The average molecular weight is 367 g/mol. The first-order chi connectivity index (χ1) is 11.6. The van der Waals surface area contributed by atoms with E-state index in [1.807, 2.05) is 17.5 Å². The van der Waals surface area contributed by atoms with Crippen molar-refractivity contribution in [2.75, 3.05) is 5.75 Å².